The van der Waals surface area contributed by atoms with Gasteiger partial charge in [-0.2, -0.15) is 0 Å². The minimum Gasteiger partial charge on any atom is -0.335 e. The predicted octanol–water partition coefficient (Wildman–Crippen LogP) is 4.54. The number of nitrogens with zero attached hydrogens (tertiary/aromatic N) is 2. The first kappa shape index (κ1) is 19.6. The highest BCUT2D eigenvalue weighted by Crippen LogP contribution is 2.22. The van der Waals surface area contributed by atoms with Gasteiger partial charge < -0.3 is 15.1 Å². The van der Waals surface area contributed by atoms with Crippen LogP contribution in [0.15, 0.2) is 40.9 Å². The van der Waals surface area contributed by atoms with E-state index < -0.39 is 5.82 Å². The van der Waals surface area contributed by atoms with Gasteiger partial charge in [-0.05, 0) is 58.7 Å². The Kier molecular flexibility index (Phi) is 6.01. The smallest absolute Gasteiger partial charge is 0.321 e. The molecule has 8 heteroatoms. The van der Waals surface area contributed by atoms with Crippen LogP contribution in [0.25, 0.3) is 0 Å². The fourth-order valence-corrected chi connectivity index (χ4v) is 3.52. The summed E-state index contributed by atoms with van der Waals surface area (Å²) in [6, 6.07) is 9.10. The molecule has 0 atom stereocenters. The molecule has 0 saturated carbocycles. The Morgan fingerprint density at radius 1 is 1.07 bits per heavy atom. The molecule has 2 aromatic rings. The number of halogens is 3. The summed E-state index contributed by atoms with van der Waals surface area (Å²) in [4.78, 5) is 28.3. The summed E-state index contributed by atoms with van der Waals surface area (Å²) in [6.07, 6.45) is 0. The lowest BCUT2D eigenvalue weighted by atomic mass is 10.2. The molecular formula is C19H18BrClFN3O2. The van der Waals surface area contributed by atoms with Gasteiger partial charge >= 0.3 is 6.03 Å². The molecular weight excluding hydrogens is 437 g/mol. The van der Waals surface area contributed by atoms with Crippen LogP contribution in [0, 0.1) is 12.7 Å². The quantitative estimate of drug-likeness (QED) is 0.724. The van der Waals surface area contributed by atoms with Gasteiger partial charge in [0.1, 0.15) is 5.82 Å². The van der Waals surface area contributed by atoms with Gasteiger partial charge in [-0.1, -0.05) is 17.7 Å². The largest absolute Gasteiger partial charge is 0.335 e. The van der Waals surface area contributed by atoms with Crippen LogP contribution in [-0.2, 0) is 0 Å². The summed E-state index contributed by atoms with van der Waals surface area (Å²) in [6.45, 7) is 3.53. The Balaban J connectivity index is 1.58. The second kappa shape index (κ2) is 8.27. The maximum absolute atomic E-state index is 13.2. The Labute approximate surface area is 170 Å². The normalized spacial score (nSPS) is 14.2. The maximum Gasteiger partial charge on any atom is 0.321 e. The summed E-state index contributed by atoms with van der Waals surface area (Å²) < 4.78 is 13.6. The maximum atomic E-state index is 13.2. The average molecular weight is 455 g/mol. The van der Waals surface area contributed by atoms with Crippen molar-refractivity contribution < 1.29 is 14.0 Å². The summed E-state index contributed by atoms with van der Waals surface area (Å²) in [5.41, 5.74) is 1.97. The molecule has 1 fully saturated rings. The molecule has 142 valence electrons. The van der Waals surface area contributed by atoms with E-state index in [2.05, 4.69) is 21.2 Å². The molecule has 0 radical (unpaired) electrons. The molecule has 5 nitrogen and oxygen atoms in total. The van der Waals surface area contributed by atoms with Crippen LogP contribution in [0.2, 0.25) is 5.02 Å². The zero-order valence-corrected chi connectivity index (χ0v) is 17.0. The number of amides is 3. The van der Waals surface area contributed by atoms with E-state index in [0.717, 1.165) is 5.56 Å². The number of rotatable bonds is 2. The number of benzene rings is 2. The van der Waals surface area contributed by atoms with Crippen molar-refractivity contribution in [3.05, 3.63) is 62.8 Å². The third-order valence-corrected chi connectivity index (χ3v) is 5.50. The standard InChI is InChI=1S/C19H18BrClFN3O2/c1-12-2-4-14(11-17(12)21)23-19(27)25-8-6-24(7-9-25)18(26)15-5-3-13(22)10-16(15)20/h2-5,10-11H,6-9H2,1H3,(H,23,27). The Bertz CT molecular complexity index is 885. The molecule has 3 amide bonds. The van der Waals surface area contributed by atoms with E-state index in [0.29, 0.717) is 46.9 Å². The number of carbonyl (C=O) groups excluding carboxylic acids is 2. The van der Waals surface area contributed by atoms with Gasteiger partial charge in [0.2, 0.25) is 0 Å². The highest BCUT2D eigenvalue weighted by Gasteiger charge is 2.26. The molecule has 0 aromatic heterocycles. The number of aryl methyl sites for hydroxylation is 1. The van der Waals surface area contributed by atoms with Crippen molar-refractivity contribution in [2.75, 3.05) is 31.5 Å². The third-order valence-electron chi connectivity index (χ3n) is 4.44. The van der Waals surface area contributed by atoms with Crippen molar-refractivity contribution in [2.24, 2.45) is 0 Å². The first-order valence-electron chi connectivity index (χ1n) is 8.41. The second-order valence-corrected chi connectivity index (χ2v) is 7.56. The minimum atomic E-state index is -0.406. The molecule has 2 aromatic carbocycles. The summed E-state index contributed by atoms with van der Waals surface area (Å²) in [7, 11) is 0. The van der Waals surface area contributed by atoms with Crippen molar-refractivity contribution >= 4 is 45.2 Å². The van der Waals surface area contributed by atoms with Gasteiger partial charge in [-0.3, -0.25) is 4.79 Å². The van der Waals surface area contributed by atoms with Gasteiger partial charge in [-0.25, -0.2) is 9.18 Å². The van der Waals surface area contributed by atoms with Gasteiger partial charge in [0, 0.05) is 41.4 Å². The fourth-order valence-electron chi connectivity index (χ4n) is 2.82. The van der Waals surface area contributed by atoms with Crippen LogP contribution >= 0.6 is 27.5 Å². The molecule has 1 N–H and O–H groups in total. The lowest BCUT2D eigenvalue weighted by molar-refractivity contribution is 0.0670. The topological polar surface area (TPSA) is 52.7 Å². The van der Waals surface area contributed by atoms with Crippen LogP contribution < -0.4 is 5.32 Å². The van der Waals surface area contributed by atoms with E-state index in [1.165, 1.54) is 18.2 Å². The molecule has 0 spiro atoms. The van der Waals surface area contributed by atoms with Crippen LogP contribution in [0.1, 0.15) is 15.9 Å². The molecule has 1 aliphatic heterocycles. The van der Waals surface area contributed by atoms with Gasteiger partial charge in [-0.15, -0.1) is 0 Å². The zero-order chi connectivity index (χ0) is 19.6. The number of carbonyl (C=O) groups is 2. The summed E-state index contributed by atoms with van der Waals surface area (Å²) in [5.74, 6) is -0.594. The van der Waals surface area contributed by atoms with Crippen LogP contribution in [0.3, 0.4) is 0 Å². The van der Waals surface area contributed by atoms with Crippen molar-refractivity contribution in [1.82, 2.24) is 9.80 Å². The van der Waals surface area contributed by atoms with Crippen molar-refractivity contribution in [2.45, 2.75) is 6.92 Å². The molecule has 1 heterocycles. The zero-order valence-electron chi connectivity index (χ0n) is 14.6. The van der Waals surface area contributed by atoms with Crippen molar-refractivity contribution in [1.29, 1.82) is 0 Å². The van der Waals surface area contributed by atoms with Crippen molar-refractivity contribution in [3.63, 3.8) is 0 Å². The van der Waals surface area contributed by atoms with E-state index in [-0.39, 0.29) is 11.9 Å². The molecule has 3 rings (SSSR count). The number of nitrogens with one attached hydrogen (secondary N) is 1. The van der Waals surface area contributed by atoms with E-state index in [1.807, 2.05) is 13.0 Å². The lowest BCUT2D eigenvalue weighted by Gasteiger charge is -2.35. The van der Waals surface area contributed by atoms with Crippen LogP contribution in [0.4, 0.5) is 14.9 Å². The highest BCUT2D eigenvalue weighted by molar-refractivity contribution is 9.10. The first-order chi connectivity index (χ1) is 12.8. The summed E-state index contributed by atoms with van der Waals surface area (Å²) in [5, 5.41) is 3.41. The van der Waals surface area contributed by atoms with Gasteiger partial charge in [0.25, 0.3) is 5.91 Å². The number of hydrogen-bond donors (Lipinski definition) is 1. The minimum absolute atomic E-state index is 0.188. The average Bonchev–Trinajstić information content (AvgIpc) is 2.64. The van der Waals surface area contributed by atoms with E-state index in [1.54, 1.807) is 21.9 Å². The number of anilines is 1. The second-order valence-electron chi connectivity index (χ2n) is 6.30. The lowest BCUT2D eigenvalue weighted by Crippen LogP contribution is -2.51. The molecule has 0 aliphatic carbocycles. The molecule has 1 aliphatic rings. The van der Waals surface area contributed by atoms with Gasteiger partial charge in [0.15, 0.2) is 0 Å². The Hall–Kier alpha value is -2.12. The molecule has 0 unspecified atom stereocenters. The summed E-state index contributed by atoms with van der Waals surface area (Å²) >= 11 is 9.31. The van der Waals surface area contributed by atoms with E-state index >= 15 is 0 Å². The van der Waals surface area contributed by atoms with E-state index in [4.69, 9.17) is 11.6 Å². The molecule has 27 heavy (non-hydrogen) atoms. The predicted molar refractivity (Wildman–Crippen MR) is 107 cm³/mol. The SMILES string of the molecule is Cc1ccc(NC(=O)N2CCN(C(=O)c3ccc(F)cc3Br)CC2)cc1Cl. The monoisotopic (exact) mass is 453 g/mol. The Morgan fingerprint density at radius 3 is 2.37 bits per heavy atom. The third kappa shape index (κ3) is 4.59. The molecule has 1 saturated heterocycles. The Morgan fingerprint density at radius 2 is 1.74 bits per heavy atom. The number of hydrogen-bond acceptors (Lipinski definition) is 2. The number of urea groups is 1. The first-order valence-corrected chi connectivity index (χ1v) is 9.58. The van der Waals surface area contributed by atoms with Crippen LogP contribution in [0.5, 0.6) is 0 Å². The van der Waals surface area contributed by atoms with Crippen LogP contribution in [-0.4, -0.2) is 47.9 Å². The fraction of sp³-hybridized carbons (Fsp3) is 0.263. The van der Waals surface area contributed by atoms with Gasteiger partial charge in [0.05, 0.1) is 5.56 Å². The van der Waals surface area contributed by atoms with E-state index in [9.17, 15) is 14.0 Å². The molecule has 0 bridgehead atoms. The highest BCUT2D eigenvalue weighted by atomic mass is 79.9. The number of piperazine rings is 1. The van der Waals surface area contributed by atoms with Crippen molar-refractivity contribution in [3.8, 4) is 0 Å².